The molecule has 0 radical (unpaired) electrons. The number of carbonyl (C=O) groups excluding carboxylic acids is 3. The Morgan fingerprint density at radius 2 is 1.82 bits per heavy atom. The van der Waals surface area contributed by atoms with Crippen molar-refractivity contribution in [3.63, 3.8) is 0 Å². The van der Waals surface area contributed by atoms with Crippen LogP contribution in [0.5, 0.6) is 0 Å². The zero-order valence-corrected chi connectivity index (χ0v) is 24.6. The molecule has 2 aromatic rings. The van der Waals surface area contributed by atoms with Gasteiger partial charge in [0.25, 0.3) is 0 Å². The molecule has 1 unspecified atom stereocenters. The van der Waals surface area contributed by atoms with Gasteiger partial charge in [0, 0.05) is 38.1 Å². The number of aromatic nitrogens is 1. The number of rotatable bonds is 12. The number of benzene rings is 1. The van der Waals surface area contributed by atoms with Gasteiger partial charge >= 0.3 is 0 Å². The van der Waals surface area contributed by atoms with E-state index in [1.165, 1.54) is 0 Å². The van der Waals surface area contributed by atoms with Crippen LogP contribution < -0.4 is 16.4 Å². The number of hydrogen-bond acceptors (Lipinski definition) is 6. The highest BCUT2D eigenvalue weighted by Crippen LogP contribution is 2.26. The van der Waals surface area contributed by atoms with Gasteiger partial charge < -0.3 is 26.2 Å². The Kier molecular flexibility index (Phi) is 11.2. The zero-order valence-electron chi connectivity index (χ0n) is 24.6. The molecule has 0 spiro atoms. The van der Waals surface area contributed by atoms with Gasteiger partial charge in [-0.3, -0.25) is 19.4 Å². The van der Waals surface area contributed by atoms with Gasteiger partial charge in [-0.1, -0.05) is 57.2 Å². The van der Waals surface area contributed by atoms with Gasteiger partial charge in [0.2, 0.25) is 17.7 Å². The highest BCUT2D eigenvalue weighted by atomic mass is 16.2. The summed E-state index contributed by atoms with van der Waals surface area (Å²) in [5.41, 5.74) is 7.99. The fraction of sp³-hybridized carbons (Fsp3) is 0.548. The van der Waals surface area contributed by atoms with Crippen LogP contribution in [0, 0.1) is 5.41 Å². The first-order chi connectivity index (χ1) is 19.0. The average Bonchev–Trinajstić information content (AvgIpc) is 3.41. The van der Waals surface area contributed by atoms with Gasteiger partial charge in [0.1, 0.15) is 6.04 Å². The summed E-state index contributed by atoms with van der Waals surface area (Å²) in [7, 11) is 1.72. The third-order valence-electron chi connectivity index (χ3n) is 7.64. The van der Waals surface area contributed by atoms with E-state index in [1.807, 2.05) is 73.0 Å². The summed E-state index contributed by atoms with van der Waals surface area (Å²) in [5, 5.41) is 5.91. The van der Waals surface area contributed by atoms with Gasteiger partial charge in [-0.05, 0) is 62.3 Å². The Labute approximate surface area is 238 Å². The lowest BCUT2D eigenvalue weighted by atomic mass is 9.85. The topological polar surface area (TPSA) is 121 Å². The van der Waals surface area contributed by atoms with E-state index in [9.17, 15) is 14.4 Å². The number of hydrogen-bond donors (Lipinski definition) is 3. The van der Waals surface area contributed by atoms with Gasteiger partial charge in [-0.2, -0.15) is 0 Å². The Morgan fingerprint density at radius 3 is 2.45 bits per heavy atom. The summed E-state index contributed by atoms with van der Waals surface area (Å²) in [6, 6.07) is 11.8. The summed E-state index contributed by atoms with van der Waals surface area (Å²) in [6.45, 7) is 9.13. The molecule has 3 amide bonds. The van der Waals surface area contributed by atoms with E-state index in [-0.39, 0.29) is 23.8 Å². The minimum absolute atomic E-state index is 0.109. The first-order valence-electron chi connectivity index (χ1n) is 14.3. The van der Waals surface area contributed by atoms with Crippen LogP contribution in [0.3, 0.4) is 0 Å². The Hall–Kier alpha value is -3.30. The van der Waals surface area contributed by atoms with E-state index >= 15 is 0 Å². The van der Waals surface area contributed by atoms with Crippen molar-refractivity contribution in [2.24, 2.45) is 11.1 Å². The number of likely N-dealkylation sites (tertiary alicyclic amines) is 1. The van der Waals surface area contributed by atoms with Gasteiger partial charge in [-0.25, -0.2) is 0 Å². The predicted molar refractivity (Wildman–Crippen MR) is 157 cm³/mol. The van der Waals surface area contributed by atoms with Crippen molar-refractivity contribution in [3.05, 3.63) is 66.0 Å². The lowest BCUT2D eigenvalue weighted by Crippen LogP contribution is -2.59. The normalized spacial score (nSPS) is 17.6. The fourth-order valence-electron chi connectivity index (χ4n) is 5.08. The quantitative estimate of drug-likeness (QED) is 0.373. The number of pyridine rings is 1. The van der Waals surface area contributed by atoms with Crippen molar-refractivity contribution in [3.8, 4) is 0 Å². The van der Waals surface area contributed by atoms with E-state index in [1.54, 1.807) is 26.4 Å². The molecule has 0 aliphatic carbocycles. The van der Waals surface area contributed by atoms with Crippen molar-refractivity contribution < 1.29 is 14.4 Å². The number of nitrogens with two attached hydrogens (primary N) is 1. The van der Waals surface area contributed by atoms with Crippen LogP contribution in [-0.4, -0.2) is 83.4 Å². The molecule has 4 N–H and O–H groups in total. The highest BCUT2D eigenvalue weighted by molar-refractivity contribution is 5.90. The van der Waals surface area contributed by atoms with Crippen LogP contribution in [0.2, 0.25) is 0 Å². The third kappa shape index (κ3) is 8.60. The lowest BCUT2D eigenvalue weighted by molar-refractivity contribution is -0.142. The molecule has 1 aromatic heterocycles. The van der Waals surface area contributed by atoms with E-state index in [0.29, 0.717) is 32.5 Å². The molecule has 9 nitrogen and oxygen atoms in total. The molecule has 9 heteroatoms. The number of carbonyl (C=O) groups is 3. The minimum Gasteiger partial charge on any atom is -0.342 e. The van der Waals surface area contributed by atoms with Crippen LogP contribution >= 0.6 is 0 Å². The summed E-state index contributed by atoms with van der Waals surface area (Å²) >= 11 is 0. The van der Waals surface area contributed by atoms with Gasteiger partial charge in [0.15, 0.2) is 0 Å². The van der Waals surface area contributed by atoms with Crippen LogP contribution in [0.1, 0.15) is 51.7 Å². The number of likely N-dealkylation sites (N-methyl/N-ethyl adjacent to an activating group) is 1. The maximum absolute atomic E-state index is 13.9. The van der Waals surface area contributed by atoms with Crippen LogP contribution in [-0.2, 0) is 27.2 Å². The summed E-state index contributed by atoms with van der Waals surface area (Å²) in [4.78, 5) is 48.2. The average molecular weight is 551 g/mol. The van der Waals surface area contributed by atoms with Crippen molar-refractivity contribution in [1.82, 2.24) is 25.4 Å². The monoisotopic (exact) mass is 550 g/mol. The van der Waals surface area contributed by atoms with E-state index in [0.717, 1.165) is 24.0 Å². The molecule has 1 fully saturated rings. The molecule has 1 aliphatic heterocycles. The van der Waals surface area contributed by atoms with E-state index in [2.05, 4.69) is 15.6 Å². The molecule has 0 bridgehead atoms. The fourth-order valence-corrected chi connectivity index (χ4v) is 5.08. The summed E-state index contributed by atoms with van der Waals surface area (Å²) in [6.07, 6.45) is 6.14. The number of nitrogens with one attached hydrogen (secondary N) is 2. The molecule has 218 valence electrons. The molecule has 3 rings (SSSR count). The largest absolute Gasteiger partial charge is 0.342 e. The number of amides is 3. The van der Waals surface area contributed by atoms with Crippen molar-refractivity contribution in [2.75, 3.05) is 26.7 Å². The minimum atomic E-state index is -0.713. The molecular weight excluding hydrogens is 504 g/mol. The SMILES string of the molecule is CN[C@@H](C)C(=O)N[C@H](C(=O)N1CCC[C@H]1CN(CCc1ccccc1)C(=O)C(N)Cc1cccnc1)C(C)(C)C. The Bertz CT molecular complexity index is 1110. The lowest BCUT2D eigenvalue weighted by Gasteiger charge is -2.38. The van der Waals surface area contributed by atoms with E-state index in [4.69, 9.17) is 5.73 Å². The second-order valence-electron chi connectivity index (χ2n) is 11.8. The van der Waals surface area contributed by atoms with E-state index < -0.39 is 23.5 Å². The molecule has 1 aliphatic rings. The maximum Gasteiger partial charge on any atom is 0.246 e. The van der Waals surface area contributed by atoms with Crippen LogP contribution in [0.15, 0.2) is 54.9 Å². The Morgan fingerprint density at radius 1 is 1.12 bits per heavy atom. The van der Waals surface area contributed by atoms with Crippen molar-refractivity contribution in [2.45, 2.75) is 77.5 Å². The predicted octanol–water partition coefficient (Wildman–Crippen LogP) is 2.15. The van der Waals surface area contributed by atoms with Crippen molar-refractivity contribution >= 4 is 17.7 Å². The van der Waals surface area contributed by atoms with Gasteiger partial charge in [-0.15, -0.1) is 0 Å². The second-order valence-corrected chi connectivity index (χ2v) is 11.8. The zero-order chi connectivity index (χ0) is 29.3. The summed E-state index contributed by atoms with van der Waals surface area (Å²) < 4.78 is 0. The standard InChI is InChI=1S/C31H46N6O3/c1-22(33-5)28(38)35-27(31(2,3)4)30(40)37-17-10-14-25(37)21-36(18-15-23-11-7-6-8-12-23)29(39)26(32)19-24-13-9-16-34-20-24/h6-9,11-13,16,20,22,25-27,33H,10,14-15,17-19,21,32H2,1-5H3,(H,35,38)/t22-,25-,26?,27+/m0/s1. The third-order valence-corrected chi connectivity index (χ3v) is 7.64. The van der Waals surface area contributed by atoms with Crippen LogP contribution in [0.4, 0.5) is 0 Å². The smallest absolute Gasteiger partial charge is 0.246 e. The first-order valence-corrected chi connectivity index (χ1v) is 14.3. The molecule has 2 heterocycles. The molecule has 1 saturated heterocycles. The number of nitrogens with zero attached hydrogens (tertiary/aromatic N) is 3. The molecule has 1 aromatic carbocycles. The van der Waals surface area contributed by atoms with Crippen LogP contribution in [0.25, 0.3) is 0 Å². The summed E-state index contributed by atoms with van der Waals surface area (Å²) in [5.74, 6) is -0.461. The Balaban J connectivity index is 1.78. The second kappa shape index (κ2) is 14.4. The highest BCUT2D eigenvalue weighted by Gasteiger charge is 2.41. The molecule has 4 atom stereocenters. The molecule has 0 saturated carbocycles. The maximum atomic E-state index is 13.9. The molecular formula is C31H46N6O3. The van der Waals surface area contributed by atoms with Gasteiger partial charge in [0.05, 0.1) is 12.1 Å². The first kappa shape index (κ1) is 31.2. The van der Waals surface area contributed by atoms with Crippen molar-refractivity contribution in [1.29, 1.82) is 0 Å². The molecule has 40 heavy (non-hydrogen) atoms.